The number of fused-ring (bicyclic) bond motifs is 2. The van der Waals surface area contributed by atoms with Gasteiger partial charge in [-0.2, -0.15) is 0 Å². The molecule has 3 aromatic carbocycles. The molecule has 1 unspecified atom stereocenters. The van der Waals surface area contributed by atoms with Crippen LogP contribution in [0.4, 0.5) is 11.4 Å². The Balaban J connectivity index is 1.84. The van der Waals surface area contributed by atoms with Crippen LogP contribution >= 0.6 is 0 Å². The van der Waals surface area contributed by atoms with E-state index in [9.17, 15) is 4.79 Å². The molecule has 26 heavy (non-hydrogen) atoms. The number of carbonyl (C=O) groups is 1. The molecule has 0 spiro atoms. The Bertz CT molecular complexity index is 967. The lowest BCUT2D eigenvalue weighted by atomic mass is 10.0. The van der Waals surface area contributed by atoms with Gasteiger partial charge in [0, 0.05) is 18.0 Å². The maximum Gasteiger partial charge on any atom is 0.229 e. The Morgan fingerprint density at radius 2 is 1.85 bits per heavy atom. The van der Waals surface area contributed by atoms with Crippen molar-refractivity contribution in [3.63, 3.8) is 0 Å². The molecule has 1 N–H and O–H groups in total. The van der Waals surface area contributed by atoms with Crippen molar-refractivity contribution in [2.45, 2.75) is 25.9 Å². The van der Waals surface area contributed by atoms with Crippen molar-refractivity contribution in [2.75, 3.05) is 17.3 Å². The van der Waals surface area contributed by atoms with Gasteiger partial charge >= 0.3 is 0 Å². The molecule has 1 heterocycles. The zero-order chi connectivity index (χ0) is 18.1. The maximum absolute atomic E-state index is 13.0. The van der Waals surface area contributed by atoms with Crippen LogP contribution in [0.1, 0.15) is 18.9 Å². The number of hydrogen-bond donors (Lipinski definition) is 1. The summed E-state index contributed by atoms with van der Waals surface area (Å²) in [6.45, 7) is 2.52. The summed E-state index contributed by atoms with van der Waals surface area (Å²) in [5, 5.41) is 5.70. The van der Waals surface area contributed by atoms with Crippen molar-refractivity contribution in [2.24, 2.45) is 0 Å². The predicted molar refractivity (Wildman–Crippen MR) is 106 cm³/mol. The van der Waals surface area contributed by atoms with E-state index < -0.39 is 0 Å². The summed E-state index contributed by atoms with van der Waals surface area (Å²) in [6, 6.07) is 20.3. The van der Waals surface area contributed by atoms with Crippen molar-refractivity contribution in [3.8, 4) is 5.75 Å². The van der Waals surface area contributed by atoms with Gasteiger partial charge in [-0.05, 0) is 35.9 Å². The van der Waals surface area contributed by atoms with Gasteiger partial charge in [0.1, 0.15) is 5.75 Å². The largest absolute Gasteiger partial charge is 0.496 e. The number of anilines is 2. The number of methoxy groups -OCH3 is 1. The van der Waals surface area contributed by atoms with Gasteiger partial charge in [-0.1, -0.05) is 42.5 Å². The average molecular weight is 346 g/mol. The molecule has 1 amide bonds. The van der Waals surface area contributed by atoms with Gasteiger partial charge in [-0.3, -0.25) is 4.79 Å². The standard InChI is InChI=1S/C22H22N2O2/c1-15-13-22(25)24(20-10-6-5-9-19(20)23-15)14-18-17-8-4-3-7-16(17)11-12-21(18)26-2/h3-12,15,23H,13-14H2,1-2H3. The molecule has 4 heteroatoms. The lowest BCUT2D eigenvalue weighted by Crippen LogP contribution is -2.31. The quantitative estimate of drug-likeness (QED) is 0.754. The number of nitrogens with zero attached hydrogens (tertiary/aromatic N) is 1. The number of amides is 1. The van der Waals surface area contributed by atoms with Gasteiger partial charge in [-0.25, -0.2) is 0 Å². The SMILES string of the molecule is COc1ccc2ccccc2c1CN1C(=O)CC(C)Nc2ccccc21. The third-order valence-electron chi connectivity index (χ3n) is 4.91. The van der Waals surface area contributed by atoms with Crippen LogP contribution in [0.3, 0.4) is 0 Å². The lowest BCUT2D eigenvalue weighted by Gasteiger charge is -2.24. The van der Waals surface area contributed by atoms with Crippen LogP contribution < -0.4 is 15.0 Å². The zero-order valence-electron chi connectivity index (χ0n) is 15.0. The Morgan fingerprint density at radius 3 is 2.69 bits per heavy atom. The summed E-state index contributed by atoms with van der Waals surface area (Å²) in [6.07, 6.45) is 0.460. The van der Waals surface area contributed by atoms with E-state index >= 15 is 0 Å². The number of para-hydroxylation sites is 2. The van der Waals surface area contributed by atoms with E-state index in [0.29, 0.717) is 13.0 Å². The molecule has 4 nitrogen and oxygen atoms in total. The number of rotatable bonds is 3. The minimum absolute atomic E-state index is 0.100. The summed E-state index contributed by atoms with van der Waals surface area (Å²) >= 11 is 0. The topological polar surface area (TPSA) is 41.6 Å². The third kappa shape index (κ3) is 2.88. The van der Waals surface area contributed by atoms with E-state index in [0.717, 1.165) is 33.5 Å². The molecular formula is C22H22N2O2. The van der Waals surface area contributed by atoms with Crippen LogP contribution in [0.25, 0.3) is 10.8 Å². The molecule has 0 radical (unpaired) electrons. The van der Waals surface area contributed by atoms with Crippen molar-refractivity contribution < 1.29 is 9.53 Å². The Hall–Kier alpha value is -3.01. The van der Waals surface area contributed by atoms with Gasteiger partial charge in [0.25, 0.3) is 0 Å². The summed E-state index contributed by atoms with van der Waals surface area (Å²) in [7, 11) is 1.68. The molecule has 1 aliphatic rings. The van der Waals surface area contributed by atoms with E-state index in [1.165, 1.54) is 0 Å². The fourth-order valence-electron chi connectivity index (χ4n) is 3.66. The molecule has 3 aromatic rings. The van der Waals surface area contributed by atoms with Gasteiger partial charge in [0.05, 0.1) is 25.0 Å². The predicted octanol–water partition coefficient (Wildman–Crippen LogP) is 4.59. The first-order chi connectivity index (χ1) is 12.7. The smallest absolute Gasteiger partial charge is 0.229 e. The Morgan fingerprint density at radius 1 is 1.08 bits per heavy atom. The summed E-state index contributed by atoms with van der Waals surface area (Å²) in [5.74, 6) is 0.921. The van der Waals surface area contributed by atoms with E-state index in [2.05, 4.69) is 23.5 Å². The highest BCUT2D eigenvalue weighted by molar-refractivity contribution is 5.99. The summed E-state index contributed by atoms with van der Waals surface area (Å²) < 4.78 is 5.62. The van der Waals surface area contributed by atoms with Crippen molar-refractivity contribution in [3.05, 3.63) is 66.2 Å². The third-order valence-corrected chi connectivity index (χ3v) is 4.91. The average Bonchev–Trinajstić information content (AvgIpc) is 2.77. The van der Waals surface area contributed by atoms with Crippen LogP contribution in [-0.2, 0) is 11.3 Å². The van der Waals surface area contributed by atoms with Crippen molar-refractivity contribution in [1.82, 2.24) is 0 Å². The second-order valence-corrected chi connectivity index (χ2v) is 6.71. The number of ether oxygens (including phenoxy) is 1. The van der Waals surface area contributed by atoms with E-state index in [1.807, 2.05) is 54.3 Å². The van der Waals surface area contributed by atoms with Crippen molar-refractivity contribution in [1.29, 1.82) is 0 Å². The minimum Gasteiger partial charge on any atom is -0.496 e. The minimum atomic E-state index is 0.100. The monoisotopic (exact) mass is 346 g/mol. The highest BCUT2D eigenvalue weighted by Gasteiger charge is 2.26. The molecule has 0 aromatic heterocycles. The molecular weight excluding hydrogens is 324 g/mol. The van der Waals surface area contributed by atoms with E-state index in [4.69, 9.17) is 4.74 Å². The number of nitrogens with one attached hydrogen (secondary N) is 1. The second-order valence-electron chi connectivity index (χ2n) is 6.71. The van der Waals surface area contributed by atoms with Gasteiger partial charge in [-0.15, -0.1) is 0 Å². The van der Waals surface area contributed by atoms with Gasteiger partial charge < -0.3 is 15.0 Å². The molecule has 0 aliphatic carbocycles. The van der Waals surface area contributed by atoms with Crippen LogP contribution in [0.15, 0.2) is 60.7 Å². The molecule has 0 fully saturated rings. The van der Waals surface area contributed by atoms with Crippen LogP contribution in [0.2, 0.25) is 0 Å². The van der Waals surface area contributed by atoms with Crippen LogP contribution in [0.5, 0.6) is 5.75 Å². The molecule has 0 saturated carbocycles. The molecule has 4 rings (SSSR count). The summed E-state index contributed by atoms with van der Waals surface area (Å²) in [5.41, 5.74) is 2.94. The maximum atomic E-state index is 13.0. The summed E-state index contributed by atoms with van der Waals surface area (Å²) in [4.78, 5) is 14.8. The van der Waals surface area contributed by atoms with Crippen LogP contribution in [-0.4, -0.2) is 19.1 Å². The Labute approximate surface area is 153 Å². The van der Waals surface area contributed by atoms with Crippen molar-refractivity contribution >= 4 is 28.1 Å². The highest BCUT2D eigenvalue weighted by Crippen LogP contribution is 2.35. The second kappa shape index (κ2) is 6.71. The molecule has 132 valence electrons. The van der Waals surface area contributed by atoms with Gasteiger partial charge in [0.2, 0.25) is 5.91 Å². The Kier molecular flexibility index (Phi) is 4.25. The molecule has 1 aliphatic heterocycles. The first-order valence-corrected chi connectivity index (χ1v) is 8.88. The lowest BCUT2D eigenvalue weighted by molar-refractivity contribution is -0.118. The molecule has 0 bridgehead atoms. The van der Waals surface area contributed by atoms with E-state index in [1.54, 1.807) is 7.11 Å². The zero-order valence-corrected chi connectivity index (χ0v) is 15.0. The van der Waals surface area contributed by atoms with Crippen LogP contribution in [0, 0.1) is 0 Å². The first kappa shape index (κ1) is 16.5. The highest BCUT2D eigenvalue weighted by atomic mass is 16.5. The fourth-order valence-corrected chi connectivity index (χ4v) is 3.66. The normalized spacial score (nSPS) is 16.8. The van der Waals surface area contributed by atoms with Gasteiger partial charge in [0.15, 0.2) is 0 Å². The van der Waals surface area contributed by atoms with E-state index in [-0.39, 0.29) is 11.9 Å². The number of carbonyl (C=O) groups excluding carboxylic acids is 1. The fraction of sp³-hybridized carbons (Fsp3) is 0.227. The molecule has 0 saturated heterocycles. The molecule has 1 atom stereocenters. The number of hydrogen-bond acceptors (Lipinski definition) is 3. The first-order valence-electron chi connectivity index (χ1n) is 8.88. The number of benzene rings is 3.